The Morgan fingerprint density at radius 1 is 0.370 bits per heavy atom. The standard InChI is InChI=1S/C51H33N3/c1-3-15-36(16-4-1)50-52-46-24-12-8-20-41(46)49(53-50)35-29-27-34(28-30-35)37-31-32-40-39-19-7-9-21-42(39)51(45(40)33-37)43-22-10-13-25-47(43)54(38-17-5-2-6-18-38)48-26-14-11-23-44(48)51/h1-33H. The molecule has 11 rings (SSSR count). The molecular weight excluding hydrogens is 655 g/mol. The number of aromatic nitrogens is 2. The molecule has 2 heterocycles. The van der Waals surface area contributed by atoms with Crippen LogP contribution in [0, 0.1) is 0 Å². The number of benzene rings is 8. The zero-order valence-corrected chi connectivity index (χ0v) is 29.4. The van der Waals surface area contributed by atoms with E-state index in [1.54, 1.807) is 0 Å². The molecule has 3 heteroatoms. The van der Waals surface area contributed by atoms with Crippen LogP contribution in [0.3, 0.4) is 0 Å². The molecule has 1 spiro atoms. The predicted molar refractivity (Wildman–Crippen MR) is 221 cm³/mol. The third-order valence-electron chi connectivity index (χ3n) is 11.3. The first-order chi connectivity index (χ1) is 26.8. The van der Waals surface area contributed by atoms with Gasteiger partial charge in [-0.05, 0) is 80.9 Å². The van der Waals surface area contributed by atoms with E-state index in [9.17, 15) is 0 Å². The van der Waals surface area contributed by atoms with Gasteiger partial charge in [-0.3, -0.25) is 0 Å². The maximum Gasteiger partial charge on any atom is 0.160 e. The van der Waals surface area contributed by atoms with Crippen LogP contribution in [0.25, 0.3) is 55.8 Å². The highest BCUT2D eigenvalue weighted by Crippen LogP contribution is 2.63. The van der Waals surface area contributed by atoms with Crippen molar-refractivity contribution in [3.8, 4) is 44.9 Å². The number of hydrogen-bond donors (Lipinski definition) is 0. The van der Waals surface area contributed by atoms with Gasteiger partial charge >= 0.3 is 0 Å². The molecule has 8 aromatic carbocycles. The summed E-state index contributed by atoms with van der Waals surface area (Å²) in [7, 11) is 0. The Bertz CT molecular complexity index is 2830. The fourth-order valence-electron chi connectivity index (χ4n) is 8.97. The molecule has 0 atom stereocenters. The van der Waals surface area contributed by atoms with Crippen LogP contribution < -0.4 is 4.90 Å². The van der Waals surface area contributed by atoms with Crippen molar-refractivity contribution in [3.63, 3.8) is 0 Å². The van der Waals surface area contributed by atoms with Crippen molar-refractivity contribution < 1.29 is 0 Å². The second-order valence-electron chi connectivity index (χ2n) is 14.1. The van der Waals surface area contributed by atoms with Gasteiger partial charge in [0.2, 0.25) is 0 Å². The van der Waals surface area contributed by atoms with E-state index in [1.807, 2.05) is 24.3 Å². The van der Waals surface area contributed by atoms with Crippen LogP contribution in [0.4, 0.5) is 17.1 Å². The van der Waals surface area contributed by atoms with Crippen molar-refractivity contribution >= 4 is 28.0 Å². The summed E-state index contributed by atoms with van der Waals surface area (Å²) >= 11 is 0. The summed E-state index contributed by atoms with van der Waals surface area (Å²) in [5.74, 6) is 0.732. The first kappa shape index (κ1) is 30.5. The maximum atomic E-state index is 5.13. The van der Waals surface area contributed by atoms with Gasteiger partial charge in [-0.1, -0.05) is 164 Å². The Kier molecular flexibility index (Phi) is 6.77. The van der Waals surface area contributed by atoms with Gasteiger partial charge < -0.3 is 4.90 Å². The number of hydrogen-bond acceptors (Lipinski definition) is 3. The summed E-state index contributed by atoms with van der Waals surface area (Å²) in [5.41, 5.74) is 17.1. The summed E-state index contributed by atoms with van der Waals surface area (Å²) in [5, 5.41) is 1.04. The monoisotopic (exact) mass is 687 g/mol. The van der Waals surface area contributed by atoms with Crippen LogP contribution in [0.15, 0.2) is 200 Å². The maximum absolute atomic E-state index is 5.13. The molecule has 3 nitrogen and oxygen atoms in total. The Balaban J connectivity index is 1.09. The average molecular weight is 688 g/mol. The molecule has 0 bridgehead atoms. The van der Waals surface area contributed by atoms with E-state index in [2.05, 4.69) is 181 Å². The first-order valence-corrected chi connectivity index (χ1v) is 18.5. The van der Waals surface area contributed by atoms with Crippen molar-refractivity contribution in [2.75, 3.05) is 4.90 Å². The number of fused-ring (bicyclic) bond motifs is 10. The van der Waals surface area contributed by atoms with E-state index < -0.39 is 5.41 Å². The van der Waals surface area contributed by atoms with Crippen LogP contribution in [-0.2, 0) is 5.41 Å². The summed E-state index contributed by atoms with van der Waals surface area (Å²) in [6.07, 6.45) is 0. The average Bonchev–Trinajstić information content (AvgIpc) is 3.54. The molecule has 2 aliphatic rings. The van der Waals surface area contributed by atoms with E-state index in [4.69, 9.17) is 9.97 Å². The largest absolute Gasteiger partial charge is 0.310 e. The molecule has 0 N–H and O–H groups in total. The lowest BCUT2D eigenvalue weighted by molar-refractivity contribution is 0.753. The third-order valence-corrected chi connectivity index (χ3v) is 11.3. The number of nitrogens with zero attached hydrogens (tertiary/aromatic N) is 3. The van der Waals surface area contributed by atoms with Crippen LogP contribution in [0.1, 0.15) is 22.3 Å². The van der Waals surface area contributed by atoms with Crippen molar-refractivity contribution in [1.29, 1.82) is 0 Å². The molecule has 0 amide bonds. The fourth-order valence-corrected chi connectivity index (χ4v) is 8.97. The number of rotatable bonds is 4. The zero-order valence-electron chi connectivity index (χ0n) is 29.4. The molecule has 0 radical (unpaired) electrons. The second kappa shape index (κ2) is 12.0. The van der Waals surface area contributed by atoms with Crippen molar-refractivity contribution in [2.45, 2.75) is 5.41 Å². The Morgan fingerprint density at radius 3 is 1.67 bits per heavy atom. The van der Waals surface area contributed by atoms with Crippen molar-refractivity contribution in [3.05, 3.63) is 222 Å². The van der Waals surface area contributed by atoms with Gasteiger partial charge in [-0.25, -0.2) is 9.97 Å². The van der Waals surface area contributed by atoms with Gasteiger partial charge in [0.1, 0.15) is 0 Å². The highest BCUT2D eigenvalue weighted by Gasteiger charge is 2.51. The summed E-state index contributed by atoms with van der Waals surface area (Å²) in [6.45, 7) is 0. The molecule has 1 aliphatic heterocycles. The molecule has 0 fully saturated rings. The topological polar surface area (TPSA) is 29.0 Å². The Hall–Kier alpha value is -7.10. The number of para-hydroxylation sites is 4. The predicted octanol–water partition coefficient (Wildman–Crippen LogP) is 12.8. The minimum atomic E-state index is -0.492. The van der Waals surface area contributed by atoms with E-state index in [1.165, 1.54) is 50.3 Å². The van der Waals surface area contributed by atoms with Gasteiger partial charge in [-0.2, -0.15) is 0 Å². The normalized spacial score (nSPS) is 13.3. The van der Waals surface area contributed by atoms with Gasteiger partial charge in [0.25, 0.3) is 0 Å². The molecule has 0 unspecified atom stereocenters. The van der Waals surface area contributed by atoms with Crippen LogP contribution in [0.2, 0.25) is 0 Å². The Morgan fingerprint density at radius 2 is 0.926 bits per heavy atom. The highest BCUT2D eigenvalue weighted by atomic mass is 15.2. The van der Waals surface area contributed by atoms with Crippen LogP contribution >= 0.6 is 0 Å². The first-order valence-electron chi connectivity index (χ1n) is 18.5. The lowest BCUT2D eigenvalue weighted by atomic mass is 9.64. The minimum Gasteiger partial charge on any atom is -0.310 e. The fraction of sp³-hybridized carbons (Fsp3) is 0.0196. The summed E-state index contributed by atoms with van der Waals surface area (Å²) in [4.78, 5) is 12.5. The van der Waals surface area contributed by atoms with Gasteiger partial charge in [0, 0.05) is 22.2 Å². The van der Waals surface area contributed by atoms with Crippen LogP contribution in [0.5, 0.6) is 0 Å². The lowest BCUT2D eigenvalue weighted by Crippen LogP contribution is -2.36. The van der Waals surface area contributed by atoms with E-state index in [0.29, 0.717) is 0 Å². The third kappa shape index (κ3) is 4.42. The Labute approximate surface area is 314 Å². The van der Waals surface area contributed by atoms with E-state index >= 15 is 0 Å². The molecule has 252 valence electrons. The summed E-state index contributed by atoms with van der Waals surface area (Å²) < 4.78 is 0. The molecular formula is C51H33N3. The summed E-state index contributed by atoms with van der Waals surface area (Å²) in [6, 6.07) is 72.2. The van der Waals surface area contributed by atoms with E-state index in [0.717, 1.165) is 44.8 Å². The van der Waals surface area contributed by atoms with E-state index in [-0.39, 0.29) is 0 Å². The molecule has 1 aliphatic carbocycles. The lowest BCUT2D eigenvalue weighted by Gasteiger charge is -2.45. The zero-order chi connectivity index (χ0) is 35.6. The molecule has 9 aromatic rings. The van der Waals surface area contributed by atoms with Crippen LogP contribution in [-0.4, -0.2) is 9.97 Å². The van der Waals surface area contributed by atoms with Gasteiger partial charge in [-0.15, -0.1) is 0 Å². The number of anilines is 3. The highest BCUT2D eigenvalue weighted by molar-refractivity contribution is 5.97. The van der Waals surface area contributed by atoms with Gasteiger partial charge in [0.05, 0.1) is 28.0 Å². The SMILES string of the molecule is c1ccc(-c2nc(-c3ccc(-c4ccc5c(c4)C4(c6ccccc6-5)c5ccccc5N(c5ccccc5)c5ccccc54)cc3)c3ccccc3n2)cc1. The smallest absolute Gasteiger partial charge is 0.160 e. The molecule has 54 heavy (non-hydrogen) atoms. The quantitative estimate of drug-likeness (QED) is 0.184. The minimum absolute atomic E-state index is 0.492. The second-order valence-corrected chi connectivity index (χ2v) is 14.1. The van der Waals surface area contributed by atoms with Crippen molar-refractivity contribution in [2.24, 2.45) is 0 Å². The van der Waals surface area contributed by atoms with Crippen molar-refractivity contribution in [1.82, 2.24) is 9.97 Å². The molecule has 0 saturated heterocycles. The van der Waals surface area contributed by atoms with Gasteiger partial charge in [0.15, 0.2) is 5.82 Å². The molecule has 0 saturated carbocycles. The molecule has 1 aromatic heterocycles.